The second-order valence-corrected chi connectivity index (χ2v) is 1.63. The summed E-state index contributed by atoms with van der Waals surface area (Å²) in [7, 11) is 0. The lowest BCUT2D eigenvalue weighted by Gasteiger charge is -1.71. The zero-order chi connectivity index (χ0) is 5.28. The molecule has 1 aliphatic heterocycles. The van der Waals surface area contributed by atoms with Crippen LogP contribution in [-0.2, 0) is 4.74 Å². The molecule has 1 rings (SSSR count). The largest absolute Gasteiger partial charge is 0.353 e. The third kappa shape index (κ3) is 0.726. The fourth-order valence-electron chi connectivity index (χ4n) is 0.567. The normalized spacial score (nSPS) is 37.1. The van der Waals surface area contributed by atoms with Crippen LogP contribution in [-0.4, -0.2) is 12.2 Å². The van der Waals surface area contributed by atoms with Crippen molar-refractivity contribution in [3.63, 3.8) is 0 Å². The zero-order valence-corrected chi connectivity index (χ0v) is 4.22. The highest BCUT2D eigenvalue weighted by molar-refractivity contribution is 5.00. The maximum Gasteiger partial charge on any atom is 0.170 e. The summed E-state index contributed by atoms with van der Waals surface area (Å²) in [5, 5.41) is 8.13. The monoisotopic (exact) mass is 97.1 g/mol. The Balaban J connectivity index is 2.21. The third-order valence-electron chi connectivity index (χ3n) is 1.11. The average molecular weight is 97.1 g/mol. The van der Waals surface area contributed by atoms with Crippen LogP contribution >= 0.6 is 0 Å². The fourth-order valence-corrected chi connectivity index (χ4v) is 0.567. The topological polar surface area (TPSA) is 36.3 Å². The number of epoxide rings is 1. The van der Waals surface area contributed by atoms with Crippen molar-refractivity contribution in [2.75, 3.05) is 0 Å². The van der Waals surface area contributed by atoms with E-state index >= 15 is 0 Å². The first-order chi connectivity index (χ1) is 3.38. The van der Waals surface area contributed by atoms with E-state index in [4.69, 9.17) is 10.00 Å². The van der Waals surface area contributed by atoms with Crippen molar-refractivity contribution < 1.29 is 4.74 Å². The molecule has 1 fully saturated rings. The van der Waals surface area contributed by atoms with Gasteiger partial charge in [0.15, 0.2) is 6.10 Å². The van der Waals surface area contributed by atoms with Crippen molar-refractivity contribution in [3.8, 4) is 6.07 Å². The third-order valence-corrected chi connectivity index (χ3v) is 1.11. The number of nitriles is 1. The molecule has 1 aliphatic rings. The smallest absolute Gasteiger partial charge is 0.170 e. The van der Waals surface area contributed by atoms with Crippen LogP contribution in [0.3, 0.4) is 0 Å². The van der Waals surface area contributed by atoms with E-state index in [0.717, 1.165) is 6.42 Å². The van der Waals surface area contributed by atoms with Crippen LogP contribution in [0.5, 0.6) is 0 Å². The maximum absolute atomic E-state index is 8.13. The van der Waals surface area contributed by atoms with Crippen LogP contribution in [0, 0.1) is 11.3 Å². The second kappa shape index (κ2) is 1.51. The highest BCUT2D eigenvalue weighted by atomic mass is 16.6. The van der Waals surface area contributed by atoms with Gasteiger partial charge < -0.3 is 4.74 Å². The van der Waals surface area contributed by atoms with Gasteiger partial charge >= 0.3 is 0 Å². The molecule has 2 heteroatoms. The molecule has 0 radical (unpaired) electrons. The Kier molecular flexibility index (Phi) is 0.994. The van der Waals surface area contributed by atoms with Crippen molar-refractivity contribution in [2.24, 2.45) is 0 Å². The predicted octanol–water partition coefficient (Wildman–Crippen LogP) is 0.687. The van der Waals surface area contributed by atoms with E-state index in [1.165, 1.54) is 0 Å². The number of hydrogen-bond donors (Lipinski definition) is 0. The molecule has 1 saturated heterocycles. The van der Waals surface area contributed by atoms with Gasteiger partial charge in [-0.3, -0.25) is 0 Å². The lowest BCUT2D eigenvalue weighted by Crippen LogP contribution is -1.84. The number of ether oxygens (including phenoxy) is 1. The van der Waals surface area contributed by atoms with Gasteiger partial charge in [-0.1, -0.05) is 6.92 Å². The lowest BCUT2D eigenvalue weighted by atomic mass is 10.3. The first kappa shape index (κ1) is 4.61. The Morgan fingerprint density at radius 1 is 1.86 bits per heavy atom. The summed E-state index contributed by atoms with van der Waals surface area (Å²) < 4.78 is 4.85. The molecule has 2 atom stereocenters. The van der Waals surface area contributed by atoms with Gasteiger partial charge in [0.25, 0.3) is 0 Å². The molecule has 2 unspecified atom stereocenters. The SMILES string of the molecule is CCC1OC1C#N. The van der Waals surface area contributed by atoms with E-state index < -0.39 is 0 Å². The summed E-state index contributed by atoms with van der Waals surface area (Å²) in [6.07, 6.45) is 1.15. The van der Waals surface area contributed by atoms with E-state index in [0.29, 0.717) is 0 Å². The molecular formula is C5H7NO. The maximum atomic E-state index is 8.13. The van der Waals surface area contributed by atoms with Crippen molar-refractivity contribution in [1.82, 2.24) is 0 Å². The molecule has 0 amide bonds. The Bertz CT molecular complexity index is 105. The Morgan fingerprint density at radius 3 is 2.71 bits per heavy atom. The highest BCUT2D eigenvalue weighted by Crippen LogP contribution is 2.23. The number of rotatable bonds is 1. The standard InChI is InChI=1S/C5H7NO/c1-2-4-5(3-6)7-4/h4-5H,2H2,1H3. The minimum atomic E-state index is -0.0787. The van der Waals surface area contributed by atoms with Crippen LogP contribution in [0.1, 0.15) is 13.3 Å². The predicted molar refractivity (Wildman–Crippen MR) is 24.6 cm³/mol. The van der Waals surface area contributed by atoms with E-state index in [1.807, 2.05) is 13.0 Å². The molecule has 0 spiro atoms. The summed E-state index contributed by atoms with van der Waals surface area (Å²) in [4.78, 5) is 0. The van der Waals surface area contributed by atoms with Crippen LogP contribution in [0.4, 0.5) is 0 Å². The Labute approximate surface area is 42.7 Å². The quantitative estimate of drug-likeness (QED) is 0.451. The van der Waals surface area contributed by atoms with Crippen molar-refractivity contribution in [2.45, 2.75) is 25.6 Å². The first-order valence-corrected chi connectivity index (χ1v) is 2.43. The summed E-state index contributed by atoms with van der Waals surface area (Å²) in [6, 6.07) is 2.02. The molecule has 0 bridgehead atoms. The molecule has 0 aliphatic carbocycles. The zero-order valence-electron chi connectivity index (χ0n) is 4.22. The van der Waals surface area contributed by atoms with E-state index in [2.05, 4.69) is 0 Å². The van der Waals surface area contributed by atoms with Crippen molar-refractivity contribution >= 4 is 0 Å². The van der Waals surface area contributed by atoms with E-state index in [-0.39, 0.29) is 12.2 Å². The summed E-state index contributed by atoms with van der Waals surface area (Å²) >= 11 is 0. The van der Waals surface area contributed by atoms with Crippen LogP contribution in [0.15, 0.2) is 0 Å². The van der Waals surface area contributed by atoms with Gasteiger partial charge in [-0.25, -0.2) is 0 Å². The molecule has 7 heavy (non-hydrogen) atoms. The molecule has 38 valence electrons. The van der Waals surface area contributed by atoms with Gasteiger partial charge in [-0.15, -0.1) is 0 Å². The van der Waals surface area contributed by atoms with E-state index in [9.17, 15) is 0 Å². The molecule has 0 N–H and O–H groups in total. The highest BCUT2D eigenvalue weighted by Gasteiger charge is 2.36. The van der Waals surface area contributed by atoms with Crippen LogP contribution in [0.25, 0.3) is 0 Å². The summed E-state index contributed by atoms with van der Waals surface area (Å²) in [5.74, 6) is 0. The van der Waals surface area contributed by atoms with Gasteiger partial charge in [0.1, 0.15) is 0 Å². The molecular weight excluding hydrogens is 90.1 g/mol. The lowest BCUT2D eigenvalue weighted by molar-refractivity contribution is 0.386. The van der Waals surface area contributed by atoms with E-state index in [1.54, 1.807) is 0 Å². The minimum Gasteiger partial charge on any atom is -0.353 e. The summed E-state index contributed by atoms with van der Waals surface area (Å²) in [6.45, 7) is 2.02. The number of hydrogen-bond acceptors (Lipinski definition) is 2. The molecule has 0 saturated carbocycles. The summed E-state index contributed by atoms with van der Waals surface area (Å²) in [5.41, 5.74) is 0. The molecule has 2 nitrogen and oxygen atoms in total. The minimum absolute atomic E-state index is 0.0787. The molecule has 0 aromatic rings. The molecule has 0 aromatic carbocycles. The number of nitrogens with zero attached hydrogens (tertiary/aromatic N) is 1. The van der Waals surface area contributed by atoms with Crippen molar-refractivity contribution in [1.29, 1.82) is 5.26 Å². The fraction of sp³-hybridized carbons (Fsp3) is 0.800. The van der Waals surface area contributed by atoms with Gasteiger partial charge in [0.05, 0.1) is 12.2 Å². The van der Waals surface area contributed by atoms with Crippen LogP contribution in [0.2, 0.25) is 0 Å². The van der Waals surface area contributed by atoms with Gasteiger partial charge in [0.2, 0.25) is 0 Å². The van der Waals surface area contributed by atoms with Gasteiger partial charge in [-0.05, 0) is 6.42 Å². The molecule has 1 heterocycles. The van der Waals surface area contributed by atoms with Crippen molar-refractivity contribution in [3.05, 3.63) is 0 Å². The average Bonchev–Trinajstić information content (AvgIpc) is 2.43. The second-order valence-electron chi connectivity index (χ2n) is 1.63. The Hall–Kier alpha value is -0.550. The van der Waals surface area contributed by atoms with Crippen LogP contribution < -0.4 is 0 Å². The van der Waals surface area contributed by atoms with Gasteiger partial charge in [0, 0.05) is 0 Å². The Morgan fingerprint density at radius 2 is 2.57 bits per heavy atom. The van der Waals surface area contributed by atoms with Gasteiger partial charge in [-0.2, -0.15) is 5.26 Å². The first-order valence-electron chi connectivity index (χ1n) is 2.43. The molecule has 0 aromatic heterocycles.